The van der Waals surface area contributed by atoms with E-state index in [9.17, 15) is 4.79 Å². The largest absolute Gasteiger partial charge is 0.339 e. The van der Waals surface area contributed by atoms with Gasteiger partial charge in [-0.2, -0.15) is 0 Å². The second-order valence-corrected chi connectivity index (χ2v) is 8.43. The van der Waals surface area contributed by atoms with Crippen LogP contribution < -0.4 is 0 Å². The maximum absolute atomic E-state index is 11.9. The van der Waals surface area contributed by atoms with E-state index in [2.05, 4.69) is 80.0 Å². The lowest BCUT2D eigenvalue weighted by molar-refractivity contribution is -0.133. The van der Waals surface area contributed by atoms with E-state index in [4.69, 9.17) is 0 Å². The van der Waals surface area contributed by atoms with Gasteiger partial charge in [-0.05, 0) is 50.8 Å². The maximum atomic E-state index is 11.9. The Labute approximate surface area is 164 Å². The van der Waals surface area contributed by atoms with Gasteiger partial charge in [0.1, 0.15) is 0 Å². The van der Waals surface area contributed by atoms with Crippen LogP contribution in [0.4, 0.5) is 0 Å². The predicted octanol–water partition coefficient (Wildman–Crippen LogP) is 4.88. The third-order valence-electron chi connectivity index (χ3n) is 6.08. The Morgan fingerprint density at radius 1 is 0.926 bits per heavy atom. The first-order chi connectivity index (χ1) is 13.0. The second-order valence-electron chi connectivity index (χ2n) is 8.43. The zero-order chi connectivity index (χ0) is 19.4. The molecule has 1 amide bonds. The van der Waals surface area contributed by atoms with E-state index in [1.165, 1.54) is 16.3 Å². The number of rotatable bonds is 2. The van der Waals surface area contributed by atoms with Crippen molar-refractivity contribution >= 4 is 16.7 Å². The molecule has 0 aliphatic carbocycles. The SMILES string of the molecule is CC1CCN(C2CCN(C(C)C)CC2)C1=O.Cc1ccc2ccccc2c1. The fourth-order valence-corrected chi connectivity index (χ4v) is 4.23. The van der Waals surface area contributed by atoms with E-state index in [-0.39, 0.29) is 5.92 Å². The van der Waals surface area contributed by atoms with Gasteiger partial charge >= 0.3 is 0 Å². The Balaban J connectivity index is 0.000000166. The number of hydrogen-bond donors (Lipinski definition) is 0. The van der Waals surface area contributed by atoms with Crippen molar-refractivity contribution in [2.75, 3.05) is 19.6 Å². The van der Waals surface area contributed by atoms with Gasteiger partial charge in [0.05, 0.1) is 0 Å². The van der Waals surface area contributed by atoms with Crippen molar-refractivity contribution in [3.63, 3.8) is 0 Å². The Morgan fingerprint density at radius 3 is 2.19 bits per heavy atom. The highest BCUT2D eigenvalue weighted by Crippen LogP contribution is 2.25. The Kier molecular flexibility index (Phi) is 6.54. The predicted molar refractivity (Wildman–Crippen MR) is 114 cm³/mol. The number of amides is 1. The highest BCUT2D eigenvalue weighted by atomic mass is 16.2. The minimum atomic E-state index is 0.267. The van der Waals surface area contributed by atoms with Crippen LogP contribution in [0.15, 0.2) is 42.5 Å². The zero-order valence-corrected chi connectivity index (χ0v) is 17.3. The van der Waals surface area contributed by atoms with Crippen molar-refractivity contribution in [1.29, 1.82) is 0 Å². The fraction of sp³-hybridized carbons (Fsp3) is 0.542. The molecule has 2 aliphatic rings. The van der Waals surface area contributed by atoms with E-state index in [1.807, 2.05) is 0 Å². The van der Waals surface area contributed by atoms with Gasteiger partial charge in [-0.25, -0.2) is 0 Å². The standard InChI is InChI=1S/C13H24N2O.C11H10/c1-10(2)14-7-5-12(6-8-14)15-9-4-11(3)13(15)16;1-9-6-7-10-4-2-3-5-11(10)8-9/h10-12H,4-9H2,1-3H3;2-8H,1H3. The fourth-order valence-electron chi connectivity index (χ4n) is 4.23. The van der Waals surface area contributed by atoms with Crippen LogP contribution in [-0.2, 0) is 4.79 Å². The van der Waals surface area contributed by atoms with E-state index < -0.39 is 0 Å². The average Bonchev–Trinajstić information content (AvgIpc) is 3.01. The third kappa shape index (κ3) is 4.90. The van der Waals surface area contributed by atoms with Crippen molar-refractivity contribution in [2.24, 2.45) is 5.92 Å². The van der Waals surface area contributed by atoms with Crippen molar-refractivity contribution < 1.29 is 4.79 Å². The van der Waals surface area contributed by atoms with Crippen LogP contribution in [0, 0.1) is 12.8 Å². The molecule has 27 heavy (non-hydrogen) atoms. The molecule has 2 heterocycles. The lowest BCUT2D eigenvalue weighted by atomic mass is 10.0. The van der Waals surface area contributed by atoms with Gasteiger partial charge in [0.15, 0.2) is 0 Å². The molecule has 3 heteroatoms. The summed E-state index contributed by atoms with van der Waals surface area (Å²) in [6.07, 6.45) is 3.39. The summed E-state index contributed by atoms with van der Waals surface area (Å²) in [6, 6.07) is 16.1. The first kappa shape index (κ1) is 19.9. The molecule has 0 N–H and O–H groups in total. The molecule has 0 bridgehead atoms. The Morgan fingerprint density at radius 2 is 1.59 bits per heavy atom. The van der Waals surface area contributed by atoms with Gasteiger partial charge in [-0.1, -0.05) is 55.0 Å². The van der Waals surface area contributed by atoms with Gasteiger partial charge in [0.25, 0.3) is 0 Å². The Bertz CT molecular complexity index is 762. The van der Waals surface area contributed by atoms with Crippen LogP contribution in [0.2, 0.25) is 0 Å². The summed E-state index contributed by atoms with van der Waals surface area (Å²) < 4.78 is 0. The monoisotopic (exact) mass is 366 g/mol. The molecule has 2 fully saturated rings. The van der Waals surface area contributed by atoms with Crippen LogP contribution in [0.5, 0.6) is 0 Å². The molecule has 0 spiro atoms. The third-order valence-corrected chi connectivity index (χ3v) is 6.08. The number of fused-ring (bicyclic) bond motifs is 1. The van der Waals surface area contributed by atoms with E-state index >= 15 is 0 Å². The molecule has 2 aliphatic heterocycles. The van der Waals surface area contributed by atoms with Crippen LogP contribution in [0.3, 0.4) is 0 Å². The molecular weight excluding hydrogens is 332 g/mol. The Hall–Kier alpha value is -1.87. The van der Waals surface area contributed by atoms with Crippen molar-refractivity contribution in [1.82, 2.24) is 9.80 Å². The first-order valence-corrected chi connectivity index (χ1v) is 10.5. The normalized spacial score (nSPS) is 21.6. The highest BCUT2D eigenvalue weighted by Gasteiger charge is 2.34. The quantitative estimate of drug-likeness (QED) is 0.756. The molecule has 0 radical (unpaired) electrons. The lowest BCUT2D eigenvalue weighted by Gasteiger charge is -2.38. The molecule has 3 nitrogen and oxygen atoms in total. The highest BCUT2D eigenvalue weighted by molar-refractivity contribution is 5.83. The number of carbonyl (C=O) groups is 1. The summed E-state index contributed by atoms with van der Waals surface area (Å²) >= 11 is 0. The zero-order valence-electron chi connectivity index (χ0n) is 17.3. The minimum Gasteiger partial charge on any atom is -0.339 e. The smallest absolute Gasteiger partial charge is 0.225 e. The summed E-state index contributed by atoms with van der Waals surface area (Å²) in [6.45, 7) is 12.0. The molecule has 2 aromatic rings. The number of benzene rings is 2. The number of aryl methyl sites for hydroxylation is 1. The van der Waals surface area contributed by atoms with Crippen molar-refractivity contribution in [3.05, 3.63) is 48.0 Å². The van der Waals surface area contributed by atoms with Crippen LogP contribution in [-0.4, -0.2) is 47.4 Å². The molecule has 1 atom stereocenters. The summed E-state index contributed by atoms with van der Waals surface area (Å²) in [5.74, 6) is 0.658. The molecule has 4 rings (SSSR count). The topological polar surface area (TPSA) is 23.6 Å². The summed E-state index contributed by atoms with van der Waals surface area (Å²) in [5.41, 5.74) is 1.32. The number of carbonyl (C=O) groups excluding carboxylic acids is 1. The van der Waals surface area contributed by atoms with E-state index in [0.717, 1.165) is 38.9 Å². The molecule has 2 saturated heterocycles. The van der Waals surface area contributed by atoms with Crippen molar-refractivity contribution in [3.8, 4) is 0 Å². The maximum Gasteiger partial charge on any atom is 0.225 e. The molecule has 2 aromatic carbocycles. The minimum absolute atomic E-state index is 0.267. The van der Waals surface area contributed by atoms with E-state index in [1.54, 1.807) is 0 Å². The molecule has 0 aromatic heterocycles. The molecular formula is C24H34N2O. The van der Waals surface area contributed by atoms with Gasteiger partial charge in [0.2, 0.25) is 5.91 Å². The van der Waals surface area contributed by atoms with Gasteiger partial charge in [-0.15, -0.1) is 0 Å². The summed E-state index contributed by atoms with van der Waals surface area (Å²) in [5, 5.41) is 2.64. The second kappa shape index (κ2) is 8.88. The first-order valence-electron chi connectivity index (χ1n) is 10.5. The summed E-state index contributed by atoms with van der Waals surface area (Å²) in [7, 11) is 0. The van der Waals surface area contributed by atoms with E-state index in [0.29, 0.717) is 18.0 Å². The van der Waals surface area contributed by atoms with Crippen LogP contribution in [0.25, 0.3) is 10.8 Å². The molecule has 0 saturated carbocycles. The number of piperidine rings is 1. The van der Waals surface area contributed by atoms with Crippen molar-refractivity contribution in [2.45, 2.75) is 59.0 Å². The lowest BCUT2D eigenvalue weighted by Crippen LogP contribution is -2.47. The molecule has 146 valence electrons. The number of likely N-dealkylation sites (tertiary alicyclic amines) is 2. The average molecular weight is 367 g/mol. The van der Waals surface area contributed by atoms with Crippen LogP contribution >= 0.6 is 0 Å². The number of nitrogens with zero attached hydrogens (tertiary/aromatic N) is 2. The summed E-state index contributed by atoms with van der Waals surface area (Å²) in [4.78, 5) is 16.6. The van der Waals surface area contributed by atoms with Gasteiger partial charge in [-0.3, -0.25) is 4.79 Å². The van der Waals surface area contributed by atoms with Gasteiger partial charge < -0.3 is 9.80 Å². The number of hydrogen-bond acceptors (Lipinski definition) is 2. The van der Waals surface area contributed by atoms with Gasteiger partial charge in [0, 0.05) is 37.6 Å². The molecule has 1 unspecified atom stereocenters. The van der Waals surface area contributed by atoms with Crippen LogP contribution in [0.1, 0.15) is 45.6 Å².